The van der Waals surface area contributed by atoms with Crippen LogP contribution in [0.1, 0.15) is 37.7 Å². The Labute approximate surface area is 115 Å². The number of carboxylic acids is 1. The third kappa shape index (κ3) is 5.03. The zero-order valence-corrected chi connectivity index (χ0v) is 11.3. The zero-order valence-electron chi connectivity index (χ0n) is 11.3. The molecule has 2 N–H and O–H groups in total. The van der Waals surface area contributed by atoms with E-state index in [2.05, 4.69) is 35.6 Å². The first-order valence-electron chi connectivity index (χ1n) is 7.23. The van der Waals surface area contributed by atoms with Crippen molar-refractivity contribution in [3.63, 3.8) is 0 Å². The molecule has 1 saturated carbocycles. The largest absolute Gasteiger partial charge is 0.481 e. The number of aliphatic carboxylic acids is 1. The van der Waals surface area contributed by atoms with E-state index < -0.39 is 5.97 Å². The van der Waals surface area contributed by atoms with Gasteiger partial charge in [-0.3, -0.25) is 4.79 Å². The molecule has 3 nitrogen and oxygen atoms in total. The van der Waals surface area contributed by atoms with Crippen LogP contribution in [0.2, 0.25) is 0 Å². The van der Waals surface area contributed by atoms with Gasteiger partial charge in [-0.05, 0) is 50.1 Å². The van der Waals surface area contributed by atoms with E-state index in [1.54, 1.807) is 0 Å². The molecule has 0 bridgehead atoms. The van der Waals surface area contributed by atoms with E-state index in [0.717, 1.165) is 18.9 Å². The van der Waals surface area contributed by atoms with Crippen molar-refractivity contribution >= 4 is 5.97 Å². The molecule has 0 aliphatic heterocycles. The highest BCUT2D eigenvalue weighted by Crippen LogP contribution is 2.28. The molecule has 2 atom stereocenters. The van der Waals surface area contributed by atoms with Crippen LogP contribution in [0.3, 0.4) is 0 Å². The van der Waals surface area contributed by atoms with Crippen molar-refractivity contribution < 1.29 is 9.90 Å². The number of carbonyl (C=O) groups is 1. The number of hydrogen-bond acceptors (Lipinski definition) is 2. The Hall–Kier alpha value is -1.35. The van der Waals surface area contributed by atoms with Crippen LogP contribution in [0.5, 0.6) is 0 Å². The Bertz CT molecular complexity index is 391. The SMILES string of the molecule is O=C(O)CCCNC1CCC(Cc2ccccc2)C1. The topological polar surface area (TPSA) is 49.3 Å². The summed E-state index contributed by atoms with van der Waals surface area (Å²) in [6, 6.07) is 11.3. The maximum Gasteiger partial charge on any atom is 0.303 e. The zero-order chi connectivity index (χ0) is 13.5. The van der Waals surface area contributed by atoms with Crippen LogP contribution in [0.4, 0.5) is 0 Å². The lowest BCUT2D eigenvalue weighted by molar-refractivity contribution is -0.137. The van der Waals surface area contributed by atoms with Crippen molar-refractivity contribution in [3.8, 4) is 0 Å². The number of nitrogens with one attached hydrogen (secondary N) is 1. The number of benzene rings is 1. The summed E-state index contributed by atoms with van der Waals surface area (Å²) in [7, 11) is 0. The molecule has 3 heteroatoms. The summed E-state index contributed by atoms with van der Waals surface area (Å²) in [5.41, 5.74) is 1.43. The molecule has 0 saturated heterocycles. The second-order valence-electron chi connectivity index (χ2n) is 5.52. The molecule has 0 amide bonds. The van der Waals surface area contributed by atoms with Crippen LogP contribution in [-0.2, 0) is 11.2 Å². The highest BCUT2D eigenvalue weighted by atomic mass is 16.4. The second-order valence-corrected chi connectivity index (χ2v) is 5.52. The Morgan fingerprint density at radius 2 is 2.05 bits per heavy atom. The first kappa shape index (κ1) is 14.1. The molecule has 1 aromatic rings. The van der Waals surface area contributed by atoms with Gasteiger partial charge in [0, 0.05) is 12.5 Å². The maximum absolute atomic E-state index is 10.4. The molecule has 0 spiro atoms. The molecule has 1 aromatic carbocycles. The van der Waals surface area contributed by atoms with Gasteiger partial charge in [-0.1, -0.05) is 30.3 Å². The Kier molecular flexibility index (Phi) is 5.40. The third-order valence-corrected chi connectivity index (χ3v) is 3.91. The number of rotatable bonds is 7. The van der Waals surface area contributed by atoms with Gasteiger partial charge >= 0.3 is 5.97 Å². The van der Waals surface area contributed by atoms with E-state index in [1.165, 1.54) is 31.2 Å². The molecule has 19 heavy (non-hydrogen) atoms. The van der Waals surface area contributed by atoms with Crippen LogP contribution in [0.25, 0.3) is 0 Å². The Morgan fingerprint density at radius 3 is 2.79 bits per heavy atom. The average Bonchev–Trinajstić information content (AvgIpc) is 2.83. The third-order valence-electron chi connectivity index (χ3n) is 3.91. The fourth-order valence-electron chi connectivity index (χ4n) is 2.94. The van der Waals surface area contributed by atoms with Gasteiger partial charge in [-0.15, -0.1) is 0 Å². The first-order chi connectivity index (χ1) is 9.24. The van der Waals surface area contributed by atoms with E-state index in [1.807, 2.05) is 0 Å². The highest BCUT2D eigenvalue weighted by Gasteiger charge is 2.24. The van der Waals surface area contributed by atoms with Crippen LogP contribution >= 0.6 is 0 Å². The fraction of sp³-hybridized carbons (Fsp3) is 0.562. The van der Waals surface area contributed by atoms with E-state index in [4.69, 9.17) is 5.11 Å². The van der Waals surface area contributed by atoms with E-state index in [-0.39, 0.29) is 6.42 Å². The summed E-state index contributed by atoms with van der Waals surface area (Å²) in [5, 5.41) is 12.1. The van der Waals surface area contributed by atoms with Gasteiger partial charge in [-0.2, -0.15) is 0 Å². The summed E-state index contributed by atoms with van der Waals surface area (Å²) >= 11 is 0. The standard InChI is InChI=1S/C16H23NO2/c18-16(19)7-4-10-17-15-9-8-14(12-15)11-13-5-2-1-3-6-13/h1-3,5-6,14-15,17H,4,7-12H2,(H,18,19). The molecule has 0 heterocycles. The maximum atomic E-state index is 10.4. The fourth-order valence-corrected chi connectivity index (χ4v) is 2.94. The average molecular weight is 261 g/mol. The first-order valence-corrected chi connectivity index (χ1v) is 7.23. The van der Waals surface area contributed by atoms with Crippen molar-refractivity contribution in [1.82, 2.24) is 5.32 Å². The molecule has 0 radical (unpaired) electrons. The molecule has 2 rings (SSSR count). The van der Waals surface area contributed by atoms with E-state index in [9.17, 15) is 4.79 Å². The van der Waals surface area contributed by atoms with Gasteiger partial charge in [0.15, 0.2) is 0 Å². The van der Waals surface area contributed by atoms with Gasteiger partial charge in [0.05, 0.1) is 0 Å². The summed E-state index contributed by atoms with van der Waals surface area (Å²) in [6.45, 7) is 0.828. The Morgan fingerprint density at radius 1 is 1.26 bits per heavy atom. The molecule has 1 aliphatic rings. The summed E-state index contributed by atoms with van der Waals surface area (Å²) in [4.78, 5) is 10.4. The molecule has 1 aliphatic carbocycles. The normalized spacial score (nSPS) is 22.5. The molecule has 2 unspecified atom stereocenters. The van der Waals surface area contributed by atoms with Crippen molar-refractivity contribution in [2.75, 3.05) is 6.54 Å². The van der Waals surface area contributed by atoms with Crippen molar-refractivity contribution in [2.45, 2.75) is 44.6 Å². The van der Waals surface area contributed by atoms with Gasteiger partial charge in [0.25, 0.3) is 0 Å². The monoisotopic (exact) mass is 261 g/mol. The second kappa shape index (κ2) is 7.29. The van der Waals surface area contributed by atoms with Crippen molar-refractivity contribution in [1.29, 1.82) is 0 Å². The minimum atomic E-state index is -0.699. The van der Waals surface area contributed by atoms with Crippen LogP contribution in [0.15, 0.2) is 30.3 Å². The lowest BCUT2D eigenvalue weighted by atomic mass is 9.98. The van der Waals surface area contributed by atoms with Gasteiger partial charge < -0.3 is 10.4 Å². The number of hydrogen-bond donors (Lipinski definition) is 2. The van der Waals surface area contributed by atoms with Gasteiger partial charge in [-0.25, -0.2) is 0 Å². The molecule has 104 valence electrons. The van der Waals surface area contributed by atoms with Crippen LogP contribution < -0.4 is 5.32 Å². The molecular weight excluding hydrogens is 238 g/mol. The Balaban J connectivity index is 1.64. The molecule has 1 fully saturated rings. The quantitative estimate of drug-likeness (QED) is 0.742. The van der Waals surface area contributed by atoms with Gasteiger partial charge in [0.2, 0.25) is 0 Å². The summed E-state index contributed by atoms with van der Waals surface area (Å²) in [6.07, 6.45) is 5.91. The van der Waals surface area contributed by atoms with Crippen LogP contribution in [0, 0.1) is 5.92 Å². The summed E-state index contributed by atoms with van der Waals surface area (Å²) in [5.74, 6) is 0.0783. The smallest absolute Gasteiger partial charge is 0.303 e. The minimum absolute atomic E-state index is 0.271. The lowest BCUT2D eigenvalue weighted by Crippen LogP contribution is -2.27. The van der Waals surface area contributed by atoms with Crippen molar-refractivity contribution in [3.05, 3.63) is 35.9 Å². The minimum Gasteiger partial charge on any atom is -0.481 e. The van der Waals surface area contributed by atoms with E-state index >= 15 is 0 Å². The highest BCUT2D eigenvalue weighted by molar-refractivity contribution is 5.66. The van der Waals surface area contributed by atoms with Crippen molar-refractivity contribution in [2.24, 2.45) is 5.92 Å². The lowest BCUT2D eigenvalue weighted by Gasteiger charge is -2.13. The molecular formula is C16H23NO2. The number of carboxylic acid groups (broad SMARTS) is 1. The van der Waals surface area contributed by atoms with Gasteiger partial charge in [0.1, 0.15) is 0 Å². The van der Waals surface area contributed by atoms with Crippen LogP contribution in [-0.4, -0.2) is 23.7 Å². The predicted octanol–water partition coefficient (Wildman–Crippen LogP) is 2.85. The van der Waals surface area contributed by atoms with E-state index in [0.29, 0.717) is 6.04 Å². The summed E-state index contributed by atoms with van der Waals surface area (Å²) < 4.78 is 0. The molecule has 0 aromatic heterocycles. The predicted molar refractivity (Wildman–Crippen MR) is 76.1 cm³/mol.